The maximum atomic E-state index is 12.4. The molecule has 0 spiro atoms. The van der Waals surface area contributed by atoms with Crippen LogP contribution in [0.5, 0.6) is 0 Å². The zero-order chi connectivity index (χ0) is 25.0. The summed E-state index contributed by atoms with van der Waals surface area (Å²) in [6, 6.07) is 18.8. The van der Waals surface area contributed by atoms with Crippen molar-refractivity contribution >= 4 is 38.7 Å². The molecule has 8 nitrogen and oxygen atoms in total. The molecule has 0 atom stereocenters. The van der Waals surface area contributed by atoms with Gasteiger partial charge >= 0.3 is 6.03 Å². The Balaban J connectivity index is 1.38. The highest BCUT2D eigenvalue weighted by Gasteiger charge is 2.17. The zero-order valence-electron chi connectivity index (χ0n) is 19.2. The number of imidazole rings is 1. The van der Waals surface area contributed by atoms with E-state index in [2.05, 4.69) is 14.9 Å². The molecule has 0 radical (unpaired) electrons. The lowest BCUT2D eigenvalue weighted by atomic mass is 10.1. The molecule has 0 aliphatic carbocycles. The summed E-state index contributed by atoms with van der Waals surface area (Å²) in [5.74, 6) is 0.915. The van der Waals surface area contributed by atoms with E-state index in [1.54, 1.807) is 12.1 Å². The number of fused-ring (bicyclic) bond motifs is 1. The Morgan fingerprint density at radius 1 is 1.03 bits per heavy atom. The van der Waals surface area contributed by atoms with Gasteiger partial charge in [-0.2, -0.15) is 0 Å². The van der Waals surface area contributed by atoms with Crippen LogP contribution in [0.2, 0.25) is 5.02 Å². The van der Waals surface area contributed by atoms with E-state index in [-0.39, 0.29) is 11.4 Å². The van der Waals surface area contributed by atoms with Crippen LogP contribution in [-0.4, -0.2) is 30.5 Å². The number of hydrogen-bond acceptors (Lipinski definition) is 5. The Bertz CT molecular complexity index is 1450. The molecular weight excluding hydrogens is 486 g/mol. The number of rotatable bonds is 8. The van der Waals surface area contributed by atoms with E-state index in [1.807, 2.05) is 54.1 Å². The van der Waals surface area contributed by atoms with Crippen LogP contribution in [0.4, 0.5) is 4.79 Å². The van der Waals surface area contributed by atoms with E-state index >= 15 is 0 Å². The predicted octanol–water partition coefficient (Wildman–Crippen LogP) is 3.93. The quantitative estimate of drug-likeness (QED) is 0.331. The first-order chi connectivity index (χ1) is 16.8. The average Bonchev–Trinajstić information content (AvgIpc) is 3.24. The summed E-state index contributed by atoms with van der Waals surface area (Å²) in [5.41, 5.74) is 9.98. The monoisotopic (exact) mass is 511 g/mol. The van der Waals surface area contributed by atoms with E-state index in [1.165, 1.54) is 12.1 Å². The number of carbonyl (C=O) groups is 1. The molecule has 10 heteroatoms. The number of sulfonamides is 1. The summed E-state index contributed by atoms with van der Waals surface area (Å²) in [5, 5.41) is 3.23. The second-order valence-electron chi connectivity index (χ2n) is 7.95. The number of halogens is 1. The first-order valence-corrected chi connectivity index (χ1v) is 13.0. The van der Waals surface area contributed by atoms with Crippen molar-refractivity contribution in [2.24, 2.45) is 5.73 Å². The third kappa shape index (κ3) is 5.48. The number of nitrogens with two attached hydrogens (primary N) is 1. The number of nitrogens with one attached hydrogen (secondary N) is 2. The molecule has 1 heterocycles. The summed E-state index contributed by atoms with van der Waals surface area (Å²) in [6.45, 7) is 2.63. The van der Waals surface area contributed by atoms with Crippen LogP contribution in [0.3, 0.4) is 0 Å². The molecule has 0 saturated heterocycles. The van der Waals surface area contributed by atoms with Gasteiger partial charge in [0, 0.05) is 25.2 Å². The Kier molecular flexibility index (Phi) is 7.39. The molecule has 182 valence electrons. The fourth-order valence-electron chi connectivity index (χ4n) is 3.80. The topological polar surface area (TPSA) is 119 Å². The Morgan fingerprint density at radius 3 is 2.37 bits per heavy atom. The van der Waals surface area contributed by atoms with Gasteiger partial charge in [0.05, 0.1) is 21.0 Å². The average molecular weight is 512 g/mol. The number of hydrogen-bond donors (Lipinski definition) is 3. The summed E-state index contributed by atoms with van der Waals surface area (Å²) in [4.78, 5) is 16.8. The van der Waals surface area contributed by atoms with Crippen molar-refractivity contribution in [3.05, 3.63) is 88.7 Å². The SMILES string of the molecule is CCc1nc2cccc(Cl)c2n1-c1ccc(CCNC(=O)NS(=O)(=O)c2ccc(CN)cc2)cc1. The highest BCUT2D eigenvalue weighted by atomic mass is 35.5. The Hall–Kier alpha value is -3.40. The van der Waals surface area contributed by atoms with Crippen molar-refractivity contribution in [2.45, 2.75) is 31.2 Å². The molecule has 4 N–H and O–H groups in total. The van der Waals surface area contributed by atoms with E-state index < -0.39 is 16.1 Å². The molecule has 0 saturated carbocycles. The Morgan fingerprint density at radius 2 is 1.71 bits per heavy atom. The Labute approximate surface area is 209 Å². The molecule has 4 rings (SSSR count). The van der Waals surface area contributed by atoms with Crippen LogP contribution in [-0.2, 0) is 29.4 Å². The van der Waals surface area contributed by atoms with Gasteiger partial charge in [-0.25, -0.2) is 22.9 Å². The van der Waals surface area contributed by atoms with Crippen LogP contribution >= 0.6 is 11.6 Å². The molecule has 35 heavy (non-hydrogen) atoms. The number of nitrogens with zero attached hydrogens (tertiary/aromatic N) is 2. The summed E-state index contributed by atoms with van der Waals surface area (Å²) in [7, 11) is -3.96. The predicted molar refractivity (Wildman–Crippen MR) is 137 cm³/mol. The first kappa shape index (κ1) is 24.7. The minimum Gasteiger partial charge on any atom is -0.337 e. The van der Waals surface area contributed by atoms with Crippen LogP contribution < -0.4 is 15.8 Å². The lowest BCUT2D eigenvalue weighted by molar-refractivity contribution is 0.246. The maximum absolute atomic E-state index is 12.4. The number of carbonyl (C=O) groups excluding carboxylic acids is 1. The summed E-state index contributed by atoms with van der Waals surface area (Å²) < 4.78 is 28.8. The number of aryl methyl sites for hydroxylation is 1. The van der Waals surface area contributed by atoms with E-state index in [0.717, 1.165) is 40.1 Å². The van der Waals surface area contributed by atoms with Crippen molar-refractivity contribution < 1.29 is 13.2 Å². The van der Waals surface area contributed by atoms with Gasteiger partial charge in [0.15, 0.2) is 0 Å². The van der Waals surface area contributed by atoms with Crippen molar-refractivity contribution in [1.29, 1.82) is 0 Å². The first-order valence-electron chi connectivity index (χ1n) is 11.2. The standard InChI is InChI=1S/C25H26ClN5O3S/c1-2-23-29-22-5-3-4-21(26)24(22)31(23)19-10-6-17(7-11-19)14-15-28-25(32)30-35(33,34)20-12-8-18(16-27)9-13-20/h3-13H,2,14-16,27H2,1H3,(H2,28,30,32). The van der Waals surface area contributed by atoms with E-state index in [0.29, 0.717) is 18.0 Å². The van der Waals surface area contributed by atoms with Crippen molar-refractivity contribution in [1.82, 2.24) is 19.6 Å². The molecule has 0 fully saturated rings. The van der Waals surface area contributed by atoms with Gasteiger partial charge in [0.2, 0.25) is 0 Å². The smallest absolute Gasteiger partial charge is 0.328 e. The van der Waals surface area contributed by atoms with Crippen molar-refractivity contribution in [3.8, 4) is 5.69 Å². The van der Waals surface area contributed by atoms with Crippen LogP contribution in [0.25, 0.3) is 16.7 Å². The number of urea groups is 1. The van der Waals surface area contributed by atoms with Gasteiger partial charge in [-0.05, 0) is 53.9 Å². The molecule has 1 aromatic heterocycles. The maximum Gasteiger partial charge on any atom is 0.328 e. The van der Waals surface area contributed by atoms with Gasteiger partial charge in [0.25, 0.3) is 10.0 Å². The molecule has 3 aromatic carbocycles. The molecule has 0 aliphatic rings. The minimum absolute atomic E-state index is 0.000911. The van der Waals surface area contributed by atoms with Gasteiger partial charge in [0.1, 0.15) is 5.82 Å². The second kappa shape index (κ2) is 10.5. The third-order valence-electron chi connectivity index (χ3n) is 5.60. The lowest BCUT2D eigenvalue weighted by Crippen LogP contribution is -2.40. The molecule has 0 bridgehead atoms. The fourth-order valence-corrected chi connectivity index (χ4v) is 4.99. The minimum atomic E-state index is -3.96. The highest BCUT2D eigenvalue weighted by Crippen LogP contribution is 2.28. The highest BCUT2D eigenvalue weighted by molar-refractivity contribution is 7.90. The van der Waals surface area contributed by atoms with Crippen molar-refractivity contribution in [2.75, 3.05) is 6.54 Å². The second-order valence-corrected chi connectivity index (χ2v) is 10.0. The van der Waals surface area contributed by atoms with E-state index in [4.69, 9.17) is 17.3 Å². The summed E-state index contributed by atoms with van der Waals surface area (Å²) in [6.07, 6.45) is 1.29. The number of aromatic nitrogens is 2. The summed E-state index contributed by atoms with van der Waals surface area (Å²) >= 11 is 6.46. The van der Waals surface area contributed by atoms with Gasteiger partial charge in [-0.3, -0.25) is 4.57 Å². The number of benzene rings is 3. The lowest BCUT2D eigenvalue weighted by Gasteiger charge is -2.11. The number of para-hydroxylation sites is 1. The largest absolute Gasteiger partial charge is 0.337 e. The van der Waals surface area contributed by atoms with Gasteiger partial charge < -0.3 is 11.1 Å². The number of amides is 2. The normalized spacial score (nSPS) is 11.5. The molecule has 0 unspecified atom stereocenters. The van der Waals surface area contributed by atoms with Crippen LogP contribution in [0.1, 0.15) is 23.9 Å². The van der Waals surface area contributed by atoms with E-state index in [9.17, 15) is 13.2 Å². The van der Waals surface area contributed by atoms with Gasteiger partial charge in [-0.1, -0.05) is 48.9 Å². The van der Waals surface area contributed by atoms with Gasteiger partial charge in [-0.15, -0.1) is 0 Å². The van der Waals surface area contributed by atoms with Crippen molar-refractivity contribution in [3.63, 3.8) is 0 Å². The van der Waals surface area contributed by atoms with Crippen LogP contribution in [0.15, 0.2) is 71.6 Å². The third-order valence-corrected chi connectivity index (χ3v) is 7.26. The molecular formula is C25H26ClN5O3S. The zero-order valence-corrected chi connectivity index (χ0v) is 20.7. The molecule has 0 aliphatic heterocycles. The van der Waals surface area contributed by atoms with Crippen LogP contribution in [0, 0.1) is 0 Å². The fraction of sp³-hybridized carbons (Fsp3) is 0.200. The molecule has 2 amide bonds. The molecule has 4 aromatic rings.